The zero-order valence-electron chi connectivity index (χ0n) is 10.9. The van der Waals surface area contributed by atoms with Gasteiger partial charge in [-0.3, -0.25) is 14.3 Å². The molecule has 1 aromatic carbocycles. The third-order valence-electron chi connectivity index (χ3n) is 3.20. The summed E-state index contributed by atoms with van der Waals surface area (Å²) >= 11 is 5.92. The van der Waals surface area contributed by atoms with Gasteiger partial charge in [-0.15, -0.1) is 0 Å². The van der Waals surface area contributed by atoms with Crippen molar-refractivity contribution in [3.05, 3.63) is 56.2 Å². The number of pyridine rings is 1. The van der Waals surface area contributed by atoms with Gasteiger partial charge in [-0.25, -0.2) is 9.78 Å². The van der Waals surface area contributed by atoms with Gasteiger partial charge in [0, 0.05) is 17.6 Å². The fourth-order valence-corrected chi connectivity index (χ4v) is 2.26. The molecule has 106 valence electrons. The molecule has 0 saturated heterocycles. The Hall–Kier alpha value is -2.60. The highest BCUT2D eigenvalue weighted by Crippen LogP contribution is 2.30. The number of hydrogen-bond acceptors (Lipinski definition) is 4. The van der Waals surface area contributed by atoms with Gasteiger partial charge in [0.2, 0.25) is 0 Å². The number of hydrogen-bond donors (Lipinski definition) is 2. The lowest BCUT2D eigenvalue weighted by Gasteiger charge is -2.07. The van der Waals surface area contributed by atoms with Gasteiger partial charge in [-0.2, -0.15) is 0 Å². The van der Waals surface area contributed by atoms with Gasteiger partial charge in [0.15, 0.2) is 0 Å². The number of phenols is 1. The third-order valence-corrected chi connectivity index (χ3v) is 3.43. The predicted octanol–water partition coefficient (Wildman–Crippen LogP) is 1.65. The van der Waals surface area contributed by atoms with Gasteiger partial charge >= 0.3 is 5.69 Å². The number of nitrogens with zero attached hydrogens (tertiary/aromatic N) is 2. The molecule has 0 amide bonds. The Bertz CT molecular complexity index is 975. The monoisotopic (exact) mass is 303 g/mol. The van der Waals surface area contributed by atoms with Crippen LogP contribution in [0.15, 0.2) is 39.9 Å². The van der Waals surface area contributed by atoms with Crippen LogP contribution in [0, 0.1) is 0 Å². The Balaban J connectivity index is 2.36. The molecule has 0 aliphatic rings. The molecule has 0 spiro atoms. The summed E-state index contributed by atoms with van der Waals surface area (Å²) in [7, 11) is 1.51. The maximum absolute atomic E-state index is 11.7. The highest BCUT2D eigenvalue weighted by molar-refractivity contribution is 6.30. The minimum atomic E-state index is -0.549. The molecule has 0 radical (unpaired) electrons. The number of rotatable bonds is 1. The molecule has 21 heavy (non-hydrogen) atoms. The lowest BCUT2D eigenvalue weighted by Crippen LogP contribution is -2.28. The molecule has 3 rings (SSSR count). The average Bonchev–Trinajstić information content (AvgIpc) is 2.47. The number of aryl methyl sites for hydroxylation is 1. The summed E-state index contributed by atoms with van der Waals surface area (Å²) in [4.78, 5) is 29.9. The molecule has 0 fully saturated rings. The van der Waals surface area contributed by atoms with E-state index >= 15 is 0 Å². The van der Waals surface area contributed by atoms with Crippen molar-refractivity contribution in [2.24, 2.45) is 7.05 Å². The van der Waals surface area contributed by atoms with Crippen LogP contribution in [-0.4, -0.2) is 19.6 Å². The summed E-state index contributed by atoms with van der Waals surface area (Å²) in [5.41, 5.74) is 0.0378. The Morgan fingerprint density at radius 1 is 1.24 bits per heavy atom. The van der Waals surface area contributed by atoms with Gasteiger partial charge in [0.25, 0.3) is 5.56 Å². The first-order chi connectivity index (χ1) is 9.97. The largest absolute Gasteiger partial charge is 0.507 e. The number of H-pyrrole nitrogens is 1. The van der Waals surface area contributed by atoms with Crippen molar-refractivity contribution in [2.45, 2.75) is 0 Å². The number of halogens is 1. The molecular weight excluding hydrogens is 294 g/mol. The first-order valence-electron chi connectivity index (χ1n) is 6.06. The lowest BCUT2D eigenvalue weighted by molar-refractivity contribution is 0.477. The second-order valence-electron chi connectivity index (χ2n) is 4.55. The van der Waals surface area contributed by atoms with E-state index in [-0.39, 0.29) is 11.4 Å². The van der Waals surface area contributed by atoms with Crippen molar-refractivity contribution in [1.29, 1.82) is 0 Å². The lowest BCUT2D eigenvalue weighted by atomic mass is 10.1. The van der Waals surface area contributed by atoms with Crippen molar-refractivity contribution < 1.29 is 5.11 Å². The Labute approximate surface area is 123 Å². The van der Waals surface area contributed by atoms with Gasteiger partial charge in [0.05, 0.1) is 11.1 Å². The van der Waals surface area contributed by atoms with Crippen LogP contribution >= 0.6 is 11.6 Å². The number of fused-ring (bicyclic) bond motifs is 1. The van der Waals surface area contributed by atoms with Crippen molar-refractivity contribution >= 4 is 22.6 Å². The molecule has 0 unspecified atom stereocenters. The Kier molecular flexibility index (Phi) is 3.03. The van der Waals surface area contributed by atoms with Crippen LogP contribution < -0.4 is 11.2 Å². The molecule has 7 heteroatoms. The molecule has 2 heterocycles. The van der Waals surface area contributed by atoms with E-state index in [9.17, 15) is 14.7 Å². The zero-order valence-corrected chi connectivity index (χ0v) is 11.7. The molecule has 0 saturated carbocycles. The zero-order chi connectivity index (χ0) is 15.1. The van der Waals surface area contributed by atoms with E-state index in [4.69, 9.17) is 11.6 Å². The van der Waals surface area contributed by atoms with E-state index in [1.807, 2.05) is 0 Å². The second kappa shape index (κ2) is 4.75. The van der Waals surface area contributed by atoms with E-state index < -0.39 is 11.2 Å². The SMILES string of the molecule is Cn1c(=O)[nH]c(=O)c2ccc(-c3cc(Cl)ccc3O)nc21. The van der Waals surface area contributed by atoms with Crippen LogP contribution in [0.5, 0.6) is 5.75 Å². The molecule has 0 atom stereocenters. The molecule has 2 aromatic heterocycles. The second-order valence-corrected chi connectivity index (χ2v) is 4.98. The van der Waals surface area contributed by atoms with Gasteiger partial charge in [0.1, 0.15) is 11.4 Å². The van der Waals surface area contributed by atoms with Crippen LogP contribution in [0.4, 0.5) is 0 Å². The number of aromatic nitrogens is 3. The standard InChI is InChI=1S/C14H10ClN3O3/c1-18-12-8(13(20)17-14(18)21)3-4-10(16-12)9-6-7(15)2-5-11(9)19/h2-6,19H,1H3,(H,17,20,21). The summed E-state index contributed by atoms with van der Waals surface area (Å²) < 4.78 is 1.24. The maximum Gasteiger partial charge on any atom is 0.329 e. The summed E-state index contributed by atoms with van der Waals surface area (Å²) in [5, 5.41) is 10.6. The van der Waals surface area contributed by atoms with Gasteiger partial charge in [-0.05, 0) is 30.3 Å². The minimum Gasteiger partial charge on any atom is -0.507 e. The Morgan fingerprint density at radius 3 is 2.76 bits per heavy atom. The molecule has 2 N–H and O–H groups in total. The summed E-state index contributed by atoms with van der Waals surface area (Å²) in [5.74, 6) is 0.0149. The number of aromatic amines is 1. The van der Waals surface area contributed by atoms with Crippen molar-refractivity contribution in [1.82, 2.24) is 14.5 Å². The minimum absolute atomic E-state index is 0.0149. The quantitative estimate of drug-likeness (QED) is 0.715. The number of aromatic hydroxyl groups is 1. The Morgan fingerprint density at radius 2 is 2.00 bits per heavy atom. The first-order valence-corrected chi connectivity index (χ1v) is 6.44. The van der Waals surface area contributed by atoms with E-state index in [1.165, 1.54) is 17.7 Å². The summed E-state index contributed by atoms with van der Waals surface area (Å²) in [6.07, 6.45) is 0. The summed E-state index contributed by atoms with van der Waals surface area (Å²) in [6.45, 7) is 0. The van der Waals surface area contributed by atoms with Crippen LogP contribution in [0.1, 0.15) is 0 Å². The molecular formula is C14H10ClN3O3. The van der Waals surface area contributed by atoms with Crippen molar-refractivity contribution in [3.63, 3.8) is 0 Å². The summed E-state index contributed by atoms with van der Waals surface area (Å²) in [6, 6.07) is 7.72. The van der Waals surface area contributed by atoms with Crippen molar-refractivity contribution in [2.75, 3.05) is 0 Å². The molecule has 0 aliphatic carbocycles. The topological polar surface area (TPSA) is 88.0 Å². The van der Waals surface area contributed by atoms with Gasteiger partial charge in [-0.1, -0.05) is 11.6 Å². The van der Waals surface area contributed by atoms with E-state index in [1.54, 1.807) is 24.3 Å². The smallest absolute Gasteiger partial charge is 0.329 e. The van der Waals surface area contributed by atoms with Gasteiger partial charge < -0.3 is 5.11 Å². The van der Waals surface area contributed by atoms with Crippen LogP contribution in [-0.2, 0) is 7.05 Å². The van der Waals surface area contributed by atoms with Crippen LogP contribution in [0.2, 0.25) is 5.02 Å². The number of benzene rings is 1. The first kappa shape index (κ1) is 13.4. The molecule has 6 nitrogen and oxygen atoms in total. The highest BCUT2D eigenvalue weighted by Gasteiger charge is 2.11. The predicted molar refractivity (Wildman–Crippen MR) is 79.7 cm³/mol. The third kappa shape index (κ3) is 2.19. The average molecular weight is 304 g/mol. The van der Waals surface area contributed by atoms with Crippen LogP contribution in [0.25, 0.3) is 22.3 Å². The molecule has 0 aliphatic heterocycles. The normalized spacial score (nSPS) is 11.0. The van der Waals surface area contributed by atoms with E-state index in [0.29, 0.717) is 21.7 Å². The maximum atomic E-state index is 11.7. The van der Waals surface area contributed by atoms with E-state index in [2.05, 4.69) is 9.97 Å². The molecule has 0 bridgehead atoms. The van der Waals surface area contributed by atoms with Crippen LogP contribution in [0.3, 0.4) is 0 Å². The number of nitrogens with one attached hydrogen (secondary N) is 1. The number of phenolic OH excluding ortho intramolecular Hbond substituents is 1. The van der Waals surface area contributed by atoms with E-state index in [0.717, 1.165) is 0 Å². The van der Waals surface area contributed by atoms with Crippen molar-refractivity contribution in [3.8, 4) is 17.0 Å². The highest BCUT2D eigenvalue weighted by atomic mass is 35.5. The molecule has 3 aromatic rings. The fourth-order valence-electron chi connectivity index (χ4n) is 2.09. The fraction of sp³-hybridized carbons (Fsp3) is 0.0714.